The van der Waals surface area contributed by atoms with Crippen LogP contribution in [-0.4, -0.2) is 146 Å². The van der Waals surface area contributed by atoms with E-state index in [2.05, 4.69) is 0 Å². The molecule has 402 valence electrons. The first kappa shape index (κ1) is 60.4. The normalized spacial score (nSPS) is 37.1. The molecule has 15 nitrogen and oxygen atoms in total. The molecule has 3 aliphatic heterocycles. The largest absolute Gasteiger partial charge is 0.460 e. The molecule has 2 bridgehead atoms. The number of hydrogen-bond donors (Lipinski definition) is 3. The minimum Gasteiger partial charge on any atom is -0.460 e. The van der Waals surface area contributed by atoms with Crippen molar-refractivity contribution in [3.8, 4) is 0 Å². The summed E-state index contributed by atoms with van der Waals surface area (Å²) in [5.41, 5.74) is 1.27. The van der Waals surface area contributed by atoms with Crippen LogP contribution in [0.3, 0.4) is 0 Å². The SMILES string of the molecule is CO[C@H]1C[C@@H]2CC[C@@H](C)[C@@](O)(O2)C(=O)C(=O)N2CCCC[C@H]2C(=O)O[C@H]([C@@H](C)C[C@@H]2CC[C@@H](OCC[Si](C)(C)O)[C@H](OC)C2)CC(=O)[C@H](C)/C=C(\C)[C@@H](O)[C@@H](OC)C(=O)[C@H](C)C[C@H](C)/C=C/C=CC=C1C. The number of nitrogens with zero attached hydrogens (tertiary/aromatic N) is 1. The van der Waals surface area contributed by atoms with Crippen molar-refractivity contribution in [1.29, 1.82) is 0 Å². The number of methoxy groups -OCH3 is 3. The number of esters is 1. The van der Waals surface area contributed by atoms with Gasteiger partial charge in [0.05, 0.1) is 24.4 Å². The van der Waals surface area contributed by atoms with Crippen molar-refractivity contribution in [2.45, 2.75) is 199 Å². The van der Waals surface area contributed by atoms with Crippen molar-refractivity contribution >= 4 is 37.5 Å². The van der Waals surface area contributed by atoms with Gasteiger partial charge in [0.15, 0.2) is 14.1 Å². The van der Waals surface area contributed by atoms with Crippen LogP contribution < -0.4 is 0 Å². The third-order valence-corrected chi connectivity index (χ3v) is 16.9. The number of Topliss-reactive ketones (excluding diaryl/α,β-unsaturated/α-hetero) is 3. The zero-order chi connectivity index (χ0) is 52.8. The van der Waals surface area contributed by atoms with Crippen LogP contribution in [0.15, 0.2) is 47.6 Å². The predicted octanol–water partition coefficient (Wildman–Crippen LogP) is 7.40. The number of ketones is 3. The number of aliphatic hydroxyl groups is 2. The van der Waals surface area contributed by atoms with E-state index in [1.165, 1.54) is 12.0 Å². The lowest BCUT2D eigenvalue weighted by Gasteiger charge is -2.42. The number of ether oxygens (including phenoxy) is 6. The molecule has 15 atom stereocenters. The van der Waals surface area contributed by atoms with Crippen molar-refractivity contribution in [2.24, 2.45) is 35.5 Å². The summed E-state index contributed by atoms with van der Waals surface area (Å²) in [5, 5.41) is 23.5. The van der Waals surface area contributed by atoms with Crippen LogP contribution in [0.2, 0.25) is 19.1 Å². The molecule has 2 saturated heterocycles. The maximum absolute atomic E-state index is 14.5. The quantitative estimate of drug-likeness (QED) is 0.0845. The lowest BCUT2D eigenvalue weighted by Crippen LogP contribution is -2.61. The van der Waals surface area contributed by atoms with Gasteiger partial charge in [0.2, 0.25) is 5.79 Å². The van der Waals surface area contributed by atoms with E-state index in [4.69, 9.17) is 28.4 Å². The number of hydrogen-bond acceptors (Lipinski definition) is 14. The molecular weight excluding hydrogens is 927 g/mol. The molecule has 3 heterocycles. The second kappa shape index (κ2) is 27.9. The van der Waals surface area contributed by atoms with Gasteiger partial charge in [0.1, 0.15) is 30.1 Å². The van der Waals surface area contributed by atoms with Crippen LogP contribution in [-0.2, 0) is 52.4 Å². The zero-order valence-electron chi connectivity index (χ0n) is 44.9. The highest BCUT2D eigenvalue weighted by molar-refractivity contribution is 6.69. The summed E-state index contributed by atoms with van der Waals surface area (Å²) in [7, 11) is 2.34. The minimum atomic E-state index is -2.43. The molecule has 3 fully saturated rings. The fraction of sp³-hybridized carbons (Fsp3) is 0.764. The van der Waals surface area contributed by atoms with Crippen molar-refractivity contribution in [1.82, 2.24) is 4.90 Å². The minimum absolute atomic E-state index is 0.0154. The predicted molar refractivity (Wildman–Crippen MR) is 273 cm³/mol. The summed E-state index contributed by atoms with van der Waals surface area (Å²) in [6.07, 6.45) is 12.2. The Labute approximate surface area is 425 Å². The van der Waals surface area contributed by atoms with Crippen LogP contribution in [0, 0.1) is 35.5 Å². The summed E-state index contributed by atoms with van der Waals surface area (Å²) in [6, 6.07) is -0.527. The smallest absolute Gasteiger partial charge is 0.329 e. The highest BCUT2D eigenvalue weighted by Crippen LogP contribution is 2.38. The van der Waals surface area contributed by atoms with Gasteiger partial charge in [0, 0.05) is 65.1 Å². The summed E-state index contributed by atoms with van der Waals surface area (Å²) < 4.78 is 36.1. The highest BCUT2D eigenvalue weighted by Gasteiger charge is 2.53. The Balaban J connectivity index is 1.68. The van der Waals surface area contributed by atoms with Gasteiger partial charge in [-0.3, -0.25) is 19.2 Å². The van der Waals surface area contributed by atoms with Crippen LogP contribution in [0.4, 0.5) is 0 Å². The number of piperidine rings is 1. The number of aliphatic hydroxyl groups excluding tert-OH is 1. The van der Waals surface area contributed by atoms with Gasteiger partial charge < -0.3 is 48.3 Å². The lowest BCUT2D eigenvalue weighted by atomic mass is 9.78. The standard InChI is InChI=1S/C55H89NO14Si/c1-34-18-14-13-15-19-35(2)46(65-8)32-42-23-21-40(7)55(63,70-42)52(60)53(61)56-25-17-16-20-43(56)54(62)69-47(33-44(57)36(3)29-39(6)50(59)51(67-10)49(58)38(5)28-34)37(4)30-41-22-24-45(48(31-41)66-9)68-26-27-71(11,12)64/h13-15,18-19,29,34,36-38,40-43,45-48,50-51,59,63-64H,16-17,20-28,30-33H2,1-12H3/b15-13?,18-14+,35-19?,39-29+/t34-,36-,37+,38-,40-,41+,42+,43+,45-,46+,47+,48-,50-,51+,55-/m1/s1. The van der Waals surface area contributed by atoms with Crippen LogP contribution in [0.5, 0.6) is 0 Å². The topological polar surface area (TPSA) is 205 Å². The number of fused-ring (bicyclic) bond motifs is 3. The first-order chi connectivity index (χ1) is 33.4. The van der Waals surface area contributed by atoms with E-state index in [0.29, 0.717) is 69.6 Å². The molecule has 1 amide bonds. The Bertz CT molecular complexity index is 1910. The Hall–Kier alpha value is -3.19. The maximum atomic E-state index is 14.5. The fourth-order valence-electron chi connectivity index (χ4n) is 10.8. The van der Waals surface area contributed by atoms with E-state index in [1.807, 2.05) is 71.2 Å². The Morgan fingerprint density at radius 1 is 0.859 bits per heavy atom. The van der Waals surface area contributed by atoms with Crippen LogP contribution in [0.1, 0.15) is 126 Å². The van der Waals surface area contributed by atoms with Gasteiger partial charge in [-0.05, 0) is 126 Å². The third-order valence-electron chi connectivity index (χ3n) is 15.5. The second-order valence-electron chi connectivity index (χ2n) is 22.0. The Morgan fingerprint density at radius 3 is 2.24 bits per heavy atom. The monoisotopic (exact) mass is 1020 g/mol. The summed E-state index contributed by atoms with van der Waals surface area (Å²) in [4.78, 5) is 82.8. The van der Waals surface area contributed by atoms with E-state index in [-0.39, 0.29) is 60.9 Å². The molecule has 71 heavy (non-hydrogen) atoms. The number of carbonyl (C=O) groups excluding carboxylic acids is 5. The van der Waals surface area contributed by atoms with Gasteiger partial charge in [0.25, 0.3) is 11.7 Å². The molecule has 16 heteroatoms. The molecule has 0 aromatic carbocycles. The van der Waals surface area contributed by atoms with Crippen molar-refractivity contribution in [3.05, 3.63) is 47.6 Å². The summed E-state index contributed by atoms with van der Waals surface area (Å²) in [6.45, 7) is 17.0. The third kappa shape index (κ3) is 17.2. The Kier molecular flexibility index (Phi) is 23.7. The molecule has 4 rings (SSSR count). The summed E-state index contributed by atoms with van der Waals surface area (Å²) >= 11 is 0. The van der Waals surface area contributed by atoms with E-state index >= 15 is 0 Å². The molecular formula is C55H89NO14Si. The van der Waals surface area contributed by atoms with Gasteiger partial charge in [-0.25, -0.2) is 4.79 Å². The van der Waals surface area contributed by atoms with E-state index in [9.17, 15) is 39.0 Å². The van der Waals surface area contributed by atoms with Crippen molar-refractivity contribution < 1.29 is 67.4 Å². The molecule has 0 spiro atoms. The van der Waals surface area contributed by atoms with E-state index in [0.717, 1.165) is 18.4 Å². The number of amides is 1. The average molecular weight is 1020 g/mol. The second-order valence-corrected chi connectivity index (χ2v) is 26.1. The van der Waals surface area contributed by atoms with Gasteiger partial charge in [-0.2, -0.15) is 0 Å². The molecule has 0 aromatic heterocycles. The zero-order valence-corrected chi connectivity index (χ0v) is 45.9. The number of carbonyl (C=O) groups is 5. The molecule has 0 aromatic rings. The Morgan fingerprint density at radius 2 is 1.58 bits per heavy atom. The number of rotatable bonds is 10. The number of cyclic esters (lactones) is 1. The van der Waals surface area contributed by atoms with E-state index < -0.39 is 86.1 Å². The molecule has 4 aliphatic rings. The van der Waals surface area contributed by atoms with Crippen molar-refractivity contribution in [3.63, 3.8) is 0 Å². The van der Waals surface area contributed by atoms with Gasteiger partial charge >= 0.3 is 5.97 Å². The van der Waals surface area contributed by atoms with Crippen LogP contribution in [0.25, 0.3) is 0 Å². The summed E-state index contributed by atoms with van der Waals surface area (Å²) in [5.74, 6) is -7.93. The van der Waals surface area contributed by atoms with Gasteiger partial charge in [-0.15, -0.1) is 0 Å². The van der Waals surface area contributed by atoms with Crippen LogP contribution >= 0.6 is 0 Å². The average Bonchev–Trinajstić information content (AvgIpc) is 3.32. The maximum Gasteiger partial charge on any atom is 0.329 e. The molecule has 1 saturated carbocycles. The lowest BCUT2D eigenvalue weighted by molar-refractivity contribution is -0.265. The first-order valence-electron chi connectivity index (χ1n) is 26.3. The number of allylic oxidation sites excluding steroid dienone is 6. The van der Waals surface area contributed by atoms with E-state index in [1.54, 1.807) is 41.1 Å². The molecule has 1 aliphatic carbocycles. The fourth-order valence-corrected chi connectivity index (χ4v) is 11.4. The molecule has 3 N–H and O–H groups in total. The first-order valence-corrected chi connectivity index (χ1v) is 29.4. The molecule has 0 radical (unpaired) electrons. The highest BCUT2D eigenvalue weighted by atomic mass is 28.4. The van der Waals surface area contributed by atoms with Crippen molar-refractivity contribution in [2.75, 3.05) is 34.5 Å². The molecule has 0 unspecified atom stereocenters. The van der Waals surface area contributed by atoms with Gasteiger partial charge in [-0.1, -0.05) is 71.1 Å².